The van der Waals surface area contributed by atoms with Gasteiger partial charge in [0.1, 0.15) is 17.2 Å². The molecule has 0 saturated carbocycles. The summed E-state index contributed by atoms with van der Waals surface area (Å²) in [4.78, 5) is 125. The number of hydrogen-bond acceptors (Lipinski definition) is 15. The number of aliphatic imine (C=N–C) groups is 2. The fraction of sp³-hybridized carbons (Fsp3) is 0.488. The number of para-hydroxylation sites is 4. The van der Waals surface area contributed by atoms with Crippen molar-refractivity contribution in [3.8, 4) is 0 Å². The Bertz CT molecular complexity index is 3350. The summed E-state index contributed by atoms with van der Waals surface area (Å²) in [5.41, 5.74) is 9.06. The lowest BCUT2D eigenvalue weighted by Crippen LogP contribution is -2.15. The molecule has 5 aromatic carbocycles. The van der Waals surface area contributed by atoms with E-state index in [1.807, 2.05) is 24.3 Å². The molecule has 20 heteroatoms. The zero-order valence-corrected chi connectivity index (χ0v) is 60.3. The normalized spacial score (nSPS) is 12.5. The SMILES string of the molecule is CC(=O)CCCC(=O)O.CCCCCCCCCCCCCCCCCCC(=O)OC(=O)c1ccccc1N=C1C(=O)Nc2ccccc21.CCCCCCCCCCCCCCCCCCC(=O)OC(=O)c1ccccc1N=C1C(=O)Nc2ccccc21.Nc1ccc(C(=O)O)c(C(=O)O)c1. The van der Waals surface area contributed by atoms with E-state index in [2.05, 4.69) is 34.5 Å². The Balaban J connectivity index is 0.000000333. The van der Waals surface area contributed by atoms with Gasteiger partial charge in [-0.3, -0.25) is 24.0 Å². The number of ketones is 1. The lowest BCUT2D eigenvalue weighted by Gasteiger charge is -2.07. The van der Waals surface area contributed by atoms with Crippen molar-refractivity contribution in [2.45, 2.75) is 258 Å². The van der Waals surface area contributed by atoms with Crippen LogP contribution in [-0.4, -0.2) is 86.1 Å². The second-order valence-corrected chi connectivity index (χ2v) is 25.9. The van der Waals surface area contributed by atoms with E-state index < -0.39 is 41.8 Å². The molecule has 0 unspecified atom stereocenters. The predicted molar refractivity (Wildman–Crippen MR) is 402 cm³/mol. The van der Waals surface area contributed by atoms with Crippen molar-refractivity contribution in [2.75, 3.05) is 16.4 Å². The summed E-state index contributed by atoms with van der Waals surface area (Å²) in [5, 5.41) is 30.9. The van der Waals surface area contributed by atoms with Crippen LogP contribution in [0.3, 0.4) is 0 Å². The summed E-state index contributed by atoms with van der Waals surface area (Å²) in [6.45, 7) is 5.99. The second kappa shape index (κ2) is 50.8. The van der Waals surface area contributed by atoms with Crippen LogP contribution in [0.5, 0.6) is 0 Å². The number of unbranched alkanes of at least 4 members (excludes halogenated alkanes) is 30. The summed E-state index contributed by atoms with van der Waals surface area (Å²) in [5.74, 6) is -6.56. The number of carbonyl (C=O) groups excluding carboxylic acids is 7. The number of aromatic carboxylic acids is 2. The maximum atomic E-state index is 12.7. The fourth-order valence-corrected chi connectivity index (χ4v) is 11.6. The lowest BCUT2D eigenvalue weighted by atomic mass is 10.0. The number of amides is 2. The number of nitrogen functional groups attached to an aromatic ring is 1. The van der Waals surface area contributed by atoms with E-state index in [9.17, 15) is 47.9 Å². The van der Waals surface area contributed by atoms with Gasteiger partial charge in [-0.1, -0.05) is 267 Å². The number of carboxylic acids is 3. The minimum absolute atomic E-state index is 0.0521. The molecule has 0 radical (unpaired) electrons. The molecule has 0 atom stereocenters. The highest BCUT2D eigenvalue weighted by Crippen LogP contribution is 2.30. The quantitative estimate of drug-likeness (QED) is 0.00913. The zero-order valence-electron chi connectivity index (χ0n) is 60.3. The van der Waals surface area contributed by atoms with Crippen molar-refractivity contribution in [3.63, 3.8) is 0 Å². The van der Waals surface area contributed by atoms with Gasteiger partial charge < -0.3 is 46.0 Å². The Morgan fingerprint density at radius 2 is 0.696 bits per heavy atom. The number of nitrogens with one attached hydrogen (secondary N) is 2. The number of hydrogen-bond donors (Lipinski definition) is 6. The van der Waals surface area contributed by atoms with E-state index >= 15 is 0 Å². The molecule has 7 N–H and O–H groups in total. The molecule has 0 bridgehead atoms. The van der Waals surface area contributed by atoms with Gasteiger partial charge in [-0.05, 0) is 80.8 Å². The minimum Gasteiger partial charge on any atom is -0.481 e. The number of nitrogens with zero attached hydrogens (tertiary/aromatic N) is 2. The summed E-state index contributed by atoms with van der Waals surface area (Å²) < 4.78 is 10.2. The van der Waals surface area contributed by atoms with Crippen LogP contribution >= 0.6 is 0 Å². The number of esters is 4. The first-order valence-electron chi connectivity index (χ1n) is 37.1. The highest BCUT2D eigenvalue weighted by atomic mass is 16.6. The molecule has 2 aliphatic rings. The molecule has 0 fully saturated rings. The van der Waals surface area contributed by atoms with Crippen molar-refractivity contribution >= 4 is 99.2 Å². The van der Waals surface area contributed by atoms with E-state index in [1.165, 1.54) is 186 Å². The number of nitrogens with two attached hydrogens (primary N) is 1. The summed E-state index contributed by atoms with van der Waals surface area (Å²) in [6.07, 6.45) is 41.9. The van der Waals surface area contributed by atoms with Crippen LogP contribution in [0.25, 0.3) is 0 Å². The van der Waals surface area contributed by atoms with Gasteiger partial charge in [-0.25, -0.2) is 29.2 Å². The van der Waals surface area contributed by atoms with Crippen LogP contribution in [0.1, 0.15) is 311 Å². The van der Waals surface area contributed by atoms with E-state index in [-0.39, 0.29) is 76.2 Å². The molecule has 0 saturated heterocycles. The molecule has 5 aromatic rings. The zero-order chi connectivity index (χ0) is 74.1. The van der Waals surface area contributed by atoms with Gasteiger partial charge in [0.2, 0.25) is 0 Å². The first kappa shape index (κ1) is 85.0. The Kier molecular flexibility index (Phi) is 42.3. The van der Waals surface area contributed by atoms with Crippen molar-refractivity contribution in [3.05, 3.63) is 149 Å². The third-order valence-corrected chi connectivity index (χ3v) is 17.3. The maximum Gasteiger partial charge on any atom is 0.347 e. The van der Waals surface area contributed by atoms with Crippen LogP contribution in [-0.2, 0) is 38.2 Å². The molecule has 0 spiro atoms. The molecule has 0 aliphatic carbocycles. The number of carboxylic acid groups (broad SMARTS) is 3. The maximum absolute atomic E-state index is 12.7. The Morgan fingerprint density at radius 1 is 0.373 bits per heavy atom. The number of benzene rings is 5. The molecular weight excluding hydrogens is 1290 g/mol. The number of rotatable bonds is 44. The highest BCUT2D eigenvalue weighted by molar-refractivity contribution is 6.54. The molecular formula is C82H109N5O15. The number of fused-ring (bicyclic) bond motifs is 2. The van der Waals surface area contributed by atoms with Crippen molar-refractivity contribution in [2.24, 2.45) is 9.98 Å². The van der Waals surface area contributed by atoms with Gasteiger partial charge in [0.15, 0.2) is 0 Å². The monoisotopic (exact) mass is 1400 g/mol. The predicted octanol–water partition coefficient (Wildman–Crippen LogP) is 19.7. The van der Waals surface area contributed by atoms with Gasteiger partial charge in [0, 0.05) is 42.5 Å². The Hall–Kier alpha value is -9.46. The van der Waals surface area contributed by atoms with E-state index in [0.29, 0.717) is 59.6 Å². The van der Waals surface area contributed by atoms with E-state index in [4.69, 9.17) is 30.5 Å². The van der Waals surface area contributed by atoms with Crippen LogP contribution in [0.4, 0.5) is 28.4 Å². The van der Waals surface area contributed by atoms with Crippen LogP contribution in [0.15, 0.2) is 125 Å². The molecule has 552 valence electrons. The largest absolute Gasteiger partial charge is 0.481 e. The van der Waals surface area contributed by atoms with Crippen LogP contribution in [0.2, 0.25) is 0 Å². The van der Waals surface area contributed by atoms with Crippen LogP contribution < -0.4 is 16.4 Å². The topological polar surface area (TPSA) is 325 Å². The third kappa shape index (κ3) is 34.3. The molecule has 2 amide bonds. The van der Waals surface area contributed by atoms with Crippen molar-refractivity contribution in [1.82, 2.24) is 0 Å². The molecule has 102 heavy (non-hydrogen) atoms. The van der Waals surface area contributed by atoms with Crippen molar-refractivity contribution in [1.29, 1.82) is 0 Å². The molecule has 7 rings (SSSR count). The fourth-order valence-electron chi connectivity index (χ4n) is 11.6. The first-order valence-corrected chi connectivity index (χ1v) is 37.1. The number of Topliss-reactive ketones (excluding diaryl/α,β-unsaturated/α-hetero) is 1. The van der Waals surface area contributed by atoms with Gasteiger partial charge in [0.05, 0.1) is 45.0 Å². The molecule has 0 aromatic heterocycles. The average Bonchev–Trinajstić information content (AvgIpc) is 1.64. The van der Waals surface area contributed by atoms with Crippen LogP contribution in [0, 0.1) is 0 Å². The minimum atomic E-state index is -1.30. The lowest BCUT2D eigenvalue weighted by molar-refractivity contribution is -0.139. The summed E-state index contributed by atoms with van der Waals surface area (Å²) in [6, 6.07) is 31.4. The summed E-state index contributed by atoms with van der Waals surface area (Å²) >= 11 is 0. The Labute approximate surface area is 602 Å². The number of anilines is 3. The Morgan fingerprint density at radius 3 is 1.03 bits per heavy atom. The van der Waals surface area contributed by atoms with Gasteiger partial charge in [-0.2, -0.15) is 0 Å². The number of aliphatic carboxylic acids is 1. The van der Waals surface area contributed by atoms with Gasteiger partial charge in [0.25, 0.3) is 11.8 Å². The smallest absolute Gasteiger partial charge is 0.347 e. The standard InChI is InChI=1S/2C34H46N2O4.C8H7NO4.C6H10O3/c2*1-2-3-4-5-6-7-8-9-10-11-12-13-14-15-16-17-26-31(37)40-34(39)28-23-19-21-25-30(28)35-32-27-22-18-20-24-29(27)36-33(32)38;9-4-1-2-5(7(10)11)6(3-4)8(12)13;1-5(7)3-2-4-6(8)9/h2*18-25H,2-17,26H2,1H3,(H,35,36,38);1-3H,9H2,(H,10,11)(H,12,13);2-4H2,1H3,(H,8,9). The van der Waals surface area contributed by atoms with Gasteiger partial charge in [-0.15, -0.1) is 0 Å². The van der Waals surface area contributed by atoms with E-state index in [1.54, 1.807) is 72.8 Å². The third-order valence-electron chi connectivity index (χ3n) is 17.3. The summed E-state index contributed by atoms with van der Waals surface area (Å²) in [7, 11) is 0. The first-order chi connectivity index (χ1) is 49.3. The van der Waals surface area contributed by atoms with Crippen molar-refractivity contribution < 1.29 is 72.7 Å². The average molecular weight is 1400 g/mol. The number of carbonyl (C=O) groups is 10. The molecule has 20 nitrogen and oxygen atoms in total. The molecule has 2 heterocycles. The highest BCUT2D eigenvalue weighted by Gasteiger charge is 2.28. The van der Waals surface area contributed by atoms with E-state index in [0.717, 1.165) is 31.7 Å². The molecule has 2 aliphatic heterocycles. The number of ether oxygens (including phenoxy) is 2. The second-order valence-electron chi connectivity index (χ2n) is 25.9. The van der Waals surface area contributed by atoms with Gasteiger partial charge >= 0.3 is 41.8 Å².